The van der Waals surface area contributed by atoms with Crippen LogP contribution in [0.15, 0.2) is 21.0 Å². The molecule has 0 aromatic carbocycles. The van der Waals surface area contributed by atoms with Crippen molar-refractivity contribution in [3.63, 3.8) is 0 Å². The highest BCUT2D eigenvalue weighted by Crippen LogP contribution is 2.22. The summed E-state index contributed by atoms with van der Waals surface area (Å²) >= 11 is 4.71. The predicted octanol–water partition coefficient (Wildman–Crippen LogP) is 3.33. The molecule has 86 valence electrons. The number of amides is 1. The minimum absolute atomic E-state index is 0.0642. The summed E-state index contributed by atoms with van der Waals surface area (Å²) in [7, 11) is 0. The SMILES string of the molecule is [N-]=[N+]=NCCCCNC(=O)c1sccc1Br. The summed E-state index contributed by atoms with van der Waals surface area (Å²) in [5.41, 5.74) is 8.05. The van der Waals surface area contributed by atoms with E-state index in [1.807, 2.05) is 11.4 Å². The number of nitrogens with one attached hydrogen (secondary N) is 1. The second kappa shape index (κ2) is 7.27. The van der Waals surface area contributed by atoms with E-state index in [0.29, 0.717) is 18.0 Å². The van der Waals surface area contributed by atoms with Crippen molar-refractivity contribution in [3.8, 4) is 0 Å². The lowest BCUT2D eigenvalue weighted by molar-refractivity contribution is 0.0956. The van der Waals surface area contributed by atoms with Gasteiger partial charge in [0.15, 0.2) is 0 Å². The van der Waals surface area contributed by atoms with Crippen molar-refractivity contribution in [3.05, 3.63) is 31.2 Å². The maximum absolute atomic E-state index is 11.6. The number of thiophene rings is 1. The van der Waals surface area contributed by atoms with Crippen LogP contribution in [-0.2, 0) is 0 Å². The molecule has 0 saturated heterocycles. The van der Waals surface area contributed by atoms with Crippen LogP contribution in [0.3, 0.4) is 0 Å². The molecule has 1 aromatic heterocycles. The van der Waals surface area contributed by atoms with E-state index in [2.05, 4.69) is 31.3 Å². The normalized spacial score (nSPS) is 9.56. The van der Waals surface area contributed by atoms with Crippen LogP contribution in [0.2, 0.25) is 0 Å². The molecule has 1 N–H and O–H groups in total. The molecule has 1 heterocycles. The van der Waals surface area contributed by atoms with Crippen LogP contribution in [0.1, 0.15) is 22.5 Å². The van der Waals surface area contributed by atoms with E-state index in [1.165, 1.54) is 11.3 Å². The number of hydrogen-bond donors (Lipinski definition) is 1. The second-order valence-electron chi connectivity index (χ2n) is 3.02. The van der Waals surface area contributed by atoms with Gasteiger partial charge in [-0.15, -0.1) is 11.3 Å². The molecule has 0 atom stereocenters. The number of hydrogen-bond acceptors (Lipinski definition) is 3. The second-order valence-corrected chi connectivity index (χ2v) is 4.79. The molecule has 0 bridgehead atoms. The minimum atomic E-state index is -0.0642. The van der Waals surface area contributed by atoms with Gasteiger partial charge in [0.05, 0.1) is 0 Å². The summed E-state index contributed by atoms with van der Waals surface area (Å²) in [6.45, 7) is 1.08. The van der Waals surface area contributed by atoms with Crippen molar-refractivity contribution >= 4 is 33.2 Å². The Hall–Kier alpha value is -1.04. The number of azide groups is 1. The summed E-state index contributed by atoms with van der Waals surface area (Å²) in [6.07, 6.45) is 1.60. The first kappa shape index (κ1) is 13.0. The smallest absolute Gasteiger partial charge is 0.262 e. The Labute approximate surface area is 106 Å². The first-order valence-electron chi connectivity index (χ1n) is 4.77. The van der Waals surface area contributed by atoms with Gasteiger partial charge in [0.2, 0.25) is 0 Å². The van der Waals surface area contributed by atoms with Crippen LogP contribution < -0.4 is 5.32 Å². The Balaban J connectivity index is 2.21. The summed E-state index contributed by atoms with van der Waals surface area (Å²) in [5.74, 6) is -0.0642. The van der Waals surface area contributed by atoms with E-state index in [1.54, 1.807) is 0 Å². The number of carbonyl (C=O) groups excluding carboxylic acids is 1. The van der Waals surface area contributed by atoms with Crippen molar-refractivity contribution in [2.75, 3.05) is 13.1 Å². The van der Waals surface area contributed by atoms with Crippen molar-refractivity contribution in [2.45, 2.75) is 12.8 Å². The third-order valence-electron chi connectivity index (χ3n) is 1.86. The van der Waals surface area contributed by atoms with E-state index in [9.17, 15) is 4.79 Å². The van der Waals surface area contributed by atoms with Gasteiger partial charge < -0.3 is 5.32 Å². The molecule has 1 rings (SSSR count). The molecule has 7 heteroatoms. The highest BCUT2D eigenvalue weighted by atomic mass is 79.9. The fourth-order valence-corrected chi connectivity index (χ4v) is 2.56. The van der Waals surface area contributed by atoms with E-state index in [-0.39, 0.29) is 5.91 Å². The van der Waals surface area contributed by atoms with Crippen molar-refractivity contribution in [2.24, 2.45) is 5.11 Å². The van der Waals surface area contributed by atoms with E-state index >= 15 is 0 Å². The lowest BCUT2D eigenvalue weighted by Gasteiger charge is -2.02. The third-order valence-corrected chi connectivity index (χ3v) is 3.69. The molecule has 0 aliphatic heterocycles. The average Bonchev–Trinajstić information content (AvgIpc) is 2.69. The first-order chi connectivity index (χ1) is 7.75. The van der Waals surface area contributed by atoms with E-state index in [0.717, 1.165) is 17.3 Å². The van der Waals surface area contributed by atoms with Gasteiger partial charge >= 0.3 is 0 Å². The maximum Gasteiger partial charge on any atom is 0.262 e. The predicted molar refractivity (Wildman–Crippen MR) is 67.6 cm³/mol. The zero-order valence-electron chi connectivity index (χ0n) is 8.52. The minimum Gasteiger partial charge on any atom is -0.351 e. The van der Waals surface area contributed by atoms with Crippen LogP contribution in [0, 0.1) is 0 Å². The molecule has 0 unspecified atom stereocenters. The Morgan fingerprint density at radius 1 is 1.62 bits per heavy atom. The molecule has 1 aromatic rings. The van der Waals surface area contributed by atoms with Crippen molar-refractivity contribution < 1.29 is 4.79 Å². The summed E-state index contributed by atoms with van der Waals surface area (Å²) in [6, 6.07) is 1.85. The zero-order valence-corrected chi connectivity index (χ0v) is 10.9. The van der Waals surface area contributed by atoms with Crippen LogP contribution in [0.4, 0.5) is 0 Å². The number of carbonyl (C=O) groups is 1. The first-order valence-corrected chi connectivity index (χ1v) is 6.45. The van der Waals surface area contributed by atoms with Crippen LogP contribution >= 0.6 is 27.3 Å². The highest BCUT2D eigenvalue weighted by molar-refractivity contribution is 9.10. The number of unbranched alkanes of at least 4 members (excludes halogenated alkanes) is 1. The maximum atomic E-state index is 11.6. The van der Waals surface area contributed by atoms with Gasteiger partial charge in [-0.1, -0.05) is 5.11 Å². The lowest BCUT2D eigenvalue weighted by Crippen LogP contribution is -2.23. The van der Waals surface area contributed by atoms with Gasteiger partial charge in [0, 0.05) is 22.5 Å². The van der Waals surface area contributed by atoms with Gasteiger partial charge in [-0.05, 0) is 45.7 Å². The Kier molecular flexibility index (Phi) is 5.92. The number of nitrogens with zero attached hydrogens (tertiary/aromatic N) is 3. The summed E-state index contributed by atoms with van der Waals surface area (Å²) in [4.78, 5) is 14.9. The topological polar surface area (TPSA) is 77.9 Å². The van der Waals surface area contributed by atoms with E-state index < -0.39 is 0 Å². The Bertz CT molecular complexity index is 400. The molecule has 1 amide bonds. The molecule has 0 spiro atoms. The van der Waals surface area contributed by atoms with Gasteiger partial charge in [0.1, 0.15) is 4.88 Å². The van der Waals surface area contributed by atoms with Crippen molar-refractivity contribution in [1.29, 1.82) is 0 Å². The Morgan fingerprint density at radius 2 is 2.44 bits per heavy atom. The molecular weight excluding hydrogens is 292 g/mol. The average molecular weight is 303 g/mol. The zero-order chi connectivity index (χ0) is 11.8. The molecule has 0 aliphatic rings. The summed E-state index contributed by atoms with van der Waals surface area (Å²) in [5, 5.41) is 8.09. The van der Waals surface area contributed by atoms with Crippen LogP contribution in [0.25, 0.3) is 10.4 Å². The van der Waals surface area contributed by atoms with E-state index in [4.69, 9.17) is 5.53 Å². The summed E-state index contributed by atoms with van der Waals surface area (Å²) < 4.78 is 0.823. The fourth-order valence-electron chi connectivity index (χ4n) is 1.09. The standard InChI is InChI=1S/C9H11BrN4OS/c10-7-3-6-16-8(7)9(15)12-4-1-2-5-13-14-11/h3,6H,1-2,4-5H2,(H,12,15). The third kappa shape index (κ3) is 4.22. The van der Waals surface area contributed by atoms with Crippen LogP contribution in [-0.4, -0.2) is 19.0 Å². The Morgan fingerprint density at radius 3 is 3.06 bits per heavy atom. The molecule has 0 saturated carbocycles. The molecule has 0 aliphatic carbocycles. The largest absolute Gasteiger partial charge is 0.351 e. The van der Waals surface area contributed by atoms with Crippen LogP contribution in [0.5, 0.6) is 0 Å². The van der Waals surface area contributed by atoms with Crippen molar-refractivity contribution in [1.82, 2.24) is 5.32 Å². The van der Waals surface area contributed by atoms with Gasteiger partial charge in [-0.2, -0.15) is 0 Å². The molecular formula is C9H11BrN4OS. The van der Waals surface area contributed by atoms with Gasteiger partial charge in [-0.3, -0.25) is 4.79 Å². The molecule has 0 radical (unpaired) electrons. The molecule has 16 heavy (non-hydrogen) atoms. The quantitative estimate of drug-likeness (QED) is 0.372. The number of rotatable bonds is 6. The molecule has 0 fully saturated rings. The van der Waals surface area contributed by atoms with Gasteiger partial charge in [0.25, 0.3) is 5.91 Å². The number of halogens is 1. The highest BCUT2D eigenvalue weighted by Gasteiger charge is 2.09. The fraction of sp³-hybridized carbons (Fsp3) is 0.444. The van der Waals surface area contributed by atoms with Gasteiger partial charge in [-0.25, -0.2) is 0 Å². The molecule has 5 nitrogen and oxygen atoms in total. The lowest BCUT2D eigenvalue weighted by atomic mass is 10.3. The monoisotopic (exact) mass is 302 g/mol.